The van der Waals surface area contributed by atoms with Crippen LogP contribution < -0.4 is 0 Å². The largest absolute Gasteiger partial charge is 0.466 e. The van der Waals surface area contributed by atoms with Crippen LogP contribution >= 0.6 is 0 Å². The SMILES string of the molecule is COC(=O)/C=C(/C)c1cccc(C(F)(F)F)c1. The maximum atomic E-state index is 12.4. The number of methoxy groups -OCH3 is 1. The lowest BCUT2D eigenvalue weighted by molar-refractivity contribution is -0.137. The number of carbonyl (C=O) groups is 1. The molecule has 0 heterocycles. The Kier molecular flexibility index (Phi) is 3.93. The number of alkyl halides is 3. The van der Waals surface area contributed by atoms with Crippen molar-refractivity contribution in [3.05, 3.63) is 41.5 Å². The Labute approximate surface area is 96.7 Å². The molecule has 2 nitrogen and oxygen atoms in total. The highest BCUT2D eigenvalue weighted by Gasteiger charge is 2.30. The van der Waals surface area contributed by atoms with E-state index in [4.69, 9.17) is 0 Å². The lowest BCUT2D eigenvalue weighted by Crippen LogP contribution is -2.05. The zero-order valence-corrected chi connectivity index (χ0v) is 9.34. The second kappa shape index (κ2) is 5.03. The number of hydrogen-bond acceptors (Lipinski definition) is 2. The van der Waals surface area contributed by atoms with Crippen molar-refractivity contribution in [3.8, 4) is 0 Å². The molecule has 0 spiro atoms. The zero-order chi connectivity index (χ0) is 13.1. The van der Waals surface area contributed by atoms with Gasteiger partial charge in [0.2, 0.25) is 0 Å². The van der Waals surface area contributed by atoms with E-state index < -0.39 is 17.7 Å². The van der Waals surface area contributed by atoms with Crippen molar-refractivity contribution in [1.29, 1.82) is 0 Å². The normalized spacial score (nSPS) is 12.4. The van der Waals surface area contributed by atoms with Gasteiger partial charge in [-0.25, -0.2) is 4.79 Å². The van der Waals surface area contributed by atoms with Crippen LogP contribution in [0, 0.1) is 0 Å². The summed E-state index contributed by atoms with van der Waals surface area (Å²) in [4.78, 5) is 11.0. The van der Waals surface area contributed by atoms with E-state index in [-0.39, 0.29) is 0 Å². The van der Waals surface area contributed by atoms with Gasteiger partial charge in [-0.15, -0.1) is 0 Å². The first-order valence-electron chi connectivity index (χ1n) is 4.78. The molecule has 0 unspecified atom stereocenters. The molecule has 92 valence electrons. The van der Waals surface area contributed by atoms with Crippen molar-refractivity contribution >= 4 is 11.5 Å². The fraction of sp³-hybridized carbons (Fsp3) is 0.250. The Morgan fingerprint density at radius 3 is 2.53 bits per heavy atom. The molecule has 5 heteroatoms. The van der Waals surface area contributed by atoms with Crippen LogP contribution in [0.5, 0.6) is 0 Å². The van der Waals surface area contributed by atoms with Crippen LogP contribution in [0.1, 0.15) is 18.1 Å². The molecular weight excluding hydrogens is 233 g/mol. The van der Waals surface area contributed by atoms with E-state index in [1.807, 2.05) is 0 Å². The summed E-state index contributed by atoms with van der Waals surface area (Å²) >= 11 is 0. The molecule has 0 fully saturated rings. The summed E-state index contributed by atoms with van der Waals surface area (Å²) in [6, 6.07) is 4.78. The lowest BCUT2D eigenvalue weighted by atomic mass is 10.0. The van der Waals surface area contributed by atoms with Gasteiger partial charge in [-0.2, -0.15) is 13.2 Å². The summed E-state index contributed by atoms with van der Waals surface area (Å²) in [5.41, 5.74) is 0.0146. The molecule has 0 amide bonds. The zero-order valence-electron chi connectivity index (χ0n) is 9.34. The van der Waals surface area contributed by atoms with Gasteiger partial charge in [-0.3, -0.25) is 0 Å². The number of halogens is 3. The van der Waals surface area contributed by atoms with Gasteiger partial charge in [-0.1, -0.05) is 12.1 Å². The third-order valence-electron chi connectivity index (χ3n) is 2.18. The maximum Gasteiger partial charge on any atom is 0.416 e. The summed E-state index contributed by atoms with van der Waals surface area (Å²) in [5, 5.41) is 0. The van der Waals surface area contributed by atoms with Crippen molar-refractivity contribution in [3.63, 3.8) is 0 Å². The van der Waals surface area contributed by atoms with Gasteiger partial charge in [0, 0.05) is 6.08 Å². The number of benzene rings is 1. The number of carbonyl (C=O) groups excluding carboxylic acids is 1. The standard InChI is InChI=1S/C12H11F3O2/c1-8(6-11(16)17-2)9-4-3-5-10(7-9)12(13,14)15/h3-7H,1-2H3/b8-6-. The van der Waals surface area contributed by atoms with Crippen LogP contribution in [0.15, 0.2) is 30.3 Å². The molecule has 17 heavy (non-hydrogen) atoms. The quantitative estimate of drug-likeness (QED) is 0.589. The second-order valence-electron chi connectivity index (χ2n) is 3.43. The molecule has 0 aliphatic heterocycles. The number of esters is 1. The number of ether oxygens (including phenoxy) is 1. The van der Waals surface area contributed by atoms with E-state index >= 15 is 0 Å². The molecule has 1 rings (SSSR count). The molecule has 0 N–H and O–H groups in total. The molecule has 0 atom stereocenters. The van der Waals surface area contributed by atoms with Gasteiger partial charge >= 0.3 is 12.1 Å². The van der Waals surface area contributed by atoms with Crippen LogP contribution in [0.4, 0.5) is 13.2 Å². The van der Waals surface area contributed by atoms with Gasteiger partial charge in [-0.05, 0) is 30.2 Å². The molecule has 0 aliphatic rings. The predicted octanol–water partition coefficient (Wildman–Crippen LogP) is 3.28. The monoisotopic (exact) mass is 244 g/mol. The minimum Gasteiger partial charge on any atom is -0.466 e. The molecule has 0 aliphatic carbocycles. The maximum absolute atomic E-state index is 12.4. The van der Waals surface area contributed by atoms with Crippen LogP contribution in [-0.4, -0.2) is 13.1 Å². The van der Waals surface area contributed by atoms with Crippen molar-refractivity contribution in [2.75, 3.05) is 7.11 Å². The smallest absolute Gasteiger partial charge is 0.416 e. The molecule has 0 bridgehead atoms. The summed E-state index contributed by atoms with van der Waals surface area (Å²) in [5.74, 6) is -0.597. The van der Waals surface area contributed by atoms with E-state index in [1.165, 1.54) is 19.2 Å². The molecule has 0 saturated carbocycles. The Hall–Kier alpha value is -1.78. The van der Waals surface area contributed by atoms with E-state index in [1.54, 1.807) is 6.92 Å². The molecule has 0 saturated heterocycles. The van der Waals surface area contributed by atoms with Gasteiger partial charge < -0.3 is 4.74 Å². The summed E-state index contributed by atoms with van der Waals surface area (Å²) < 4.78 is 41.7. The Morgan fingerprint density at radius 2 is 2.00 bits per heavy atom. The van der Waals surface area contributed by atoms with Gasteiger partial charge in [0.05, 0.1) is 12.7 Å². The van der Waals surface area contributed by atoms with Gasteiger partial charge in [0.1, 0.15) is 0 Å². The highest BCUT2D eigenvalue weighted by atomic mass is 19.4. The highest BCUT2D eigenvalue weighted by Crippen LogP contribution is 2.30. The topological polar surface area (TPSA) is 26.3 Å². The van der Waals surface area contributed by atoms with Crippen molar-refractivity contribution < 1.29 is 22.7 Å². The van der Waals surface area contributed by atoms with E-state index in [9.17, 15) is 18.0 Å². The minimum absolute atomic E-state index is 0.338. The highest BCUT2D eigenvalue weighted by molar-refractivity contribution is 5.90. The van der Waals surface area contributed by atoms with E-state index in [0.29, 0.717) is 11.1 Å². The Bertz CT molecular complexity index is 447. The van der Waals surface area contributed by atoms with Crippen LogP contribution in [0.25, 0.3) is 5.57 Å². The fourth-order valence-corrected chi connectivity index (χ4v) is 1.26. The summed E-state index contributed by atoms with van der Waals surface area (Å²) in [6.45, 7) is 1.55. The number of allylic oxidation sites excluding steroid dienone is 1. The third kappa shape index (κ3) is 3.62. The lowest BCUT2D eigenvalue weighted by Gasteiger charge is -2.08. The van der Waals surface area contributed by atoms with Crippen molar-refractivity contribution in [2.45, 2.75) is 13.1 Å². The second-order valence-corrected chi connectivity index (χ2v) is 3.43. The Balaban J connectivity index is 3.08. The first-order valence-corrected chi connectivity index (χ1v) is 4.78. The molecule has 0 aromatic heterocycles. The van der Waals surface area contributed by atoms with Crippen LogP contribution in [0.2, 0.25) is 0 Å². The third-order valence-corrected chi connectivity index (χ3v) is 2.18. The van der Waals surface area contributed by atoms with Crippen LogP contribution in [-0.2, 0) is 15.7 Å². The van der Waals surface area contributed by atoms with Gasteiger partial charge in [0.25, 0.3) is 0 Å². The molecule has 0 radical (unpaired) electrons. The van der Waals surface area contributed by atoms with Gasteiger partial charge in [0.15, 0.2) is 0 Å². The molecular formula is C12H11F3O2. The van der Waals surface area contributed by atoms with Crippen molar-refractivity contribution in [2.24, 2.45) is 0 Å². The number of hydrogen-bond donors (Lipinski definition) is 0. The minimum atomic E-state index is -4.39. The summed E-state index contributed by atoms with van der Waals surface area (Å²) in [6.07, 6.45) is -3.24. The average Bonchev–Trinajstić information content (AvgIpc) is 2.28. The first kappa shape index (κ1) is 13.3. The average molecular weight is 244 g/mol. The first-order chi connectivity index (χ1) is 7.84. The Morgan fingerprint density at radius 1 is 1.35 bits per heavy atom. The fourth-order valence-electron chi connectivity index (χ4n) is 1.26. The van der Waals surface area contributed by atoms with E-state index in [0.717, 1.165) is 18.2 Å². The molecule has 1 aromatic carbocycles. The summed E-state index contributed by atoms with van der Waals surface area (Å²) in [7, 11) is 1.21. The van der Waals surface area contributed by atoms with Crippen LogP contribution in [0.3, 0.4) is 0 Å². The molecule has 1 aromatic rings. The van der Waals surface area contributed by atoms with Crippen molar-refractivity contribution in [1.82, 2.24) is 0 Å². The van der Waals surface area contributed by atoms with E-state index in [2.05, 4.69) is 4.74 Å². The predicted molar refractivity (Wildman–Crippen MR) is 57.1 cm³/mol. The number of rotatable bonds is 2.